The van der Waals surface area contributed by atoms with Gasteiger partial charge in [-0.15, -0.1) is 0 Å². The Morgan fingerprint density at radius 1 is 1.47 bits per heavy atom. The second-order valence-corrected chi connectivity index (χ2v) is 4.22. The summed E-state index contributed by atoms with van der Waals surface area (Å²) in [5.41, 5.74) is 8.27. The van der Waals surface area contributed by atoms with Crippen molar-refractivity contribution in [3.05, 3.63) is 34.6 Å². The molecule has 0 saturated carbocycles. The summed E-state index contributed by atoms with van der Waals surface area (Å²) >= 11 is 6.02. The van der Waals surface area contributed by atoms with Gasteiger partial charge in [-0.05, 0) is 24.6 Å². The van der Waals surface area contributed by atoms with Gasteiger partial charge in [-0.1, -0.05) is 18.5 Å². The van der Waals surface area contributed by atoms with Gasteiger partial charge in [-0.2, -0.15) is 5.10 Å². The number of rotatable bonds is 2. The summed E-state index contributed by atoms with van der Waals surface area (Å²) in [4.78, 5) is 0. The second-order valence-electron chi connectivity index (χ2n) is 3.81. The molecule has 0 atom stereocenters. The van der Waals surface area contributed by atoms with Gasteiger partial charge in [0, 0.05) is 18.2 Å². The van der Waals surface area contributed by atoms with E-state index < -0.39 is 0 Å². The molecular formula is C12H13ClFN3. The van der Waals surface area contributed by atoms with Gasteiger partial charge in [0.05, 0.1) is 10.7 Å². The smallest absolute Gasteiger partial charge is 0.125 e. The Bertz CT molecular complexity index is 563. The van der Waals surface area contributed by atoms with Crippen LogP contribution in [-0.2, 0) is 13.5 Å². The Kier molecular flexibility index (Phi) is 3.07. The highest BCUT2D eigenvalue weighted by Crippen LogP contribution is 2.32. The van der Waals surface area contributed by atoms with E-state index in [2.05, 4.69) is 5.10 Å². The number of aromatic nitrogens is 2. The molecule has 0 unspecified atom stereocenters. The van der Waals surface area contributed by atoms with E-state index in [9.17, 15) is 4.39 Å². The normalized spacial score (nSPS) is 10.8. The summed E-state index contributed by atoms with van der Waals surface area (Å²) in [6.07, 6.45) is 0.753. The van der Waals surface area contributed by atoms with Crippen LogP contribution in [0.3, 0.4) is 0 Å². The number of halogens is 2. The molecule has 5 heteroatoms. The maximum absolute atomic E-state index is 13.0. The molecule has 90 valence electrons. The fourth-order valence-electron chi connectivity index (χ4n) is 1.83. The molecule has 0 aliphatic heterocycles. The lowest BCUT2D eigenvalue weighted by molar-refractivity contribution is 0.628. The molecule has 2 N–H and O–H groups in total. The zero-order chi connectivity index (χ0) is 12.6. The monoisotopic (exact) mass is 253 g/mol. The topological polar surface area (TPSA) is 43.8 Å². The van der Waals surface area contributed by atoms with Crippen molar-refractivity contribution >= 4 is 17.4 Å². The van der Waals surface area contributed by atoms with Crippen molar-refractivity contribution in [1.29, 1.82) is 0 Å². The van der Waals surface area contributed by atoms with Crippen LogP contribution in [0.5, 0.6) is 0 Å². The number of anilines is 1. The summed E-state index contributed by atoms with van der Waals surface area (Å²) in [6.45, 7) is 1.99. The lowest BCUT2D eigenvalue weighted by Crippen LogP contribution is -1.98. The Balaban J connectivity index is 2.64. The molecule has 1 heterocycles. The molecule has 0 fully saturated rings. The van der Waals surface area contributed by atoms with E-state index in [1.807, 2.05) is 6.92 Å². The number of nitrogen functional groups attached to an aromatic ring is 1. The zero-order valence-corrected chi connectivity index (χ0v) is 10.4. The predicted octanol–water partition coefficient (Wildman–Crippen LogP) is 3.02. The number of nitrogens with zero attached hydrogens (tertiary/aromatic N) is 2. The van der Waals surface area contributed by atoms with Crippen molar-refractivity contribution in [2.75, 3.05) is 5.73 Å². The van der Waals surface area contributed by atoms with Crippen molar-refractivity contribution in [2.45, 2.75) is 13.3 Å². The Labute approximate surface area is 104 Å². The Hall–Kier alpha value is -1.55. The third-order valence-electron chi connectivity index (χ3n) is 2.73. The number of nitrogens with two attached hydrogens (primary N) is 1. The van der Waals surface area contributed by atoms with E-state index in [0.717, 1.165) is 17.7 Å². The number of aryl methyl sites for hydroxylation is 1. The number of hydrogen-bond acceptors (Lipinski definition) is 2. The summed E-state index contributed by atoms with van der Waals surface area (Å²) in [5.74, 6) is 0.253. The van der Waals surface area contributed by atoms with E-state index in [0.29, 0.717) is 16.4 Å². The van der Waals surface area contributed by atoms with Crippen LogP contribution >= 0.6 is 11.6 Å². The average molecular weight is 254 g/mol. The van der Waals surface area contributed by atoms with Crippen molar-refractivity contribution in [3.63, 3.8) is 0 Å². The fourth-order valence-corrected chi connectivity index (χ4v) is 2.08. The van der Waals surface area contributed by atoms with E-state index in [4.69, 9.17) is 17.3 Å². The quantitative estimate of drug-likeness (QED) is 0.894. The summed E-state index contributed by atoms with van der Waals surface area (Å²) in [7, 11) is 1.77. The summed E-state index contributed by atoms with van der Waals surface area (Å²) in [5, 5.41) is 4.67. The average Bonchev–Trinajstić information content (AvgIpc) is 2.55. The minimum absolute atomic E-state index is 0.345. The second kappa shape index (κ2) is 4.37. The molecule has 0 aliphatic carbocycles. The molecule has 2 aromatic rings. The Morgan fingerprint density at radius 3 is 2.76 bits per heavy atom. The maximum atomic E-state index is 13.0. The summed E-state index contributed by atoms with van der Waals surface area (Å²) in [6, 6.07) is 4.27. The third-order valence-corrected chi connectivity index (χ3v) is 3.05. The molecule has 0 saturated heterocycles. The van der Waals surface area contributed by atoms with Crippen molar-refractivity contribution in [3.8, 4) is 11.3 Å². The molecule has 0 spiro atoms. The highest BCUT2D eigenvalue weighted by molar-refractivity contribution is 6.33. The molecule has 1 aromatic heterocycles. The van der Waals surface area contributed by atoms with E-state index in [1.54, 1.807) is 17.8 Å². The van der Waals surface area contributed by atoms with Gasteiger partial charge < -0.3 is 5.73 Å². The predicted molar refractivity (Wildman–Crippen MR) is 67.4 cm³/mol. The van der Waals surface area contributed by atoms with Gasteiger partial charge in [0.25, 0.3) is 0 Å². The minimum Gasteiger partial charge on any atom is -0.384 e. The molecule has 0 amide bonds. The van der Waals surface area contributed by atoms with Crippen molar-refractivity contribution in [1.82, 2.24) is 9.78 Å². The third kappa shape index (κ3) is 2.00. The van der Waals surface area contributed by atoms with Gasteiger partial charge >= 0.3 is 0 Å². The maximum Gasteiger partial charge on any atom is 0.125 e. The molecule has 0 radical (unpaired) electrons. The van der Waals surface area contributed by atoms with Crippen LogP contribution in [0.15, 0.2) is 18.2 Å². The van der Waals surface area contributed by atoms with Crippen LogP contribution in [-0.4, -0.2) is 9.78 Å². The van der Waals surface area contributed by atoms with Crippen LogP contribution in [0.25, 0.3) is 11.3 Å². The largest absolute Gasteiger partial charge is 0.384 e. The first-order valence-corrected chi connectivity index (χ1v) is 5.69. The molecule has 0 bridgehead atoms. The van der Waals surface area contributed by atoms with E-state index in [1.165, 1.54) is 12.1 Å². The van der Waals surface area contributed by atoms with Gasteiger partial charge in [0.1, 0.15) is 11.6 Å². The van der Waals surface area contributed by atoms with Crippen LogP contribution < -0.4 is 5.73 Å². The molecule has 0 aliphatic rings. The molecule has 17 heavy (non-hydrogen) atoms. The van der Waals surface area contributed by atoms with Crippen LogP contribution in [0.1, 0.15) is 12.5 Å². The zero-order valence-electron chi connectivity index (χ0n) is 9.67. The van der Waals surface area contributed by atoms with Crippen LogP contribution in [0.2, 0.25) is 5.02 Å². The molecular weight excluding hydrogens is 241 g/mol. The van der Waals surface area contributed by atoms with Crippen LogP contribution in [0, 0.1) is 5.82 Å². The minimum atomic E-state index is -0.360. The lowest BCUT2D eigenvalue weighted by atomic mass is 10.1. The summed E-state index contributed by atoms with van der Waals surface area (Å²) < 4.78 is 14.6. The van der Waals surface area contributed by atoms with E-state index >= 15 is 0 Å². The van der Waals surface area contributed by atoms with Crippen molar-refractivity contribution in [2.24, 2.45) is 7.05 Å². The number of hydrogen-bond donors (Lipinski definition) is 1. The Morgan fingerprint density at radius 2 is 2.18 bits per heavy atom. The fraction of sp³-hybridized carbons (Fsp3) is 0.250. The highest BCUT2D eigenvalue weighted by atomic mass is 35.5. The standard InChI is InChI=1S/C12H13ClFN3/c1-3-8-11(16-17(2)12(8)15)9-5-4-7(14)6-10(9)13/h4-6H,3,15H2,1-2H3. The molecule has 3 nitrogen and oxygen atoms in total. The van der Waals surface area contributed by atoms with Crippen LogP contribution in [0.4, 0.5) is 10.2 Å². The molecule has 1 aromatic carbocycles. The first-order valence-electron chi connectivity index (χ1n) is 5.31. The number of benzene rings is 1. The molecule has 2 rings (SSSR count). The van der Waals surface area contributed by atoms with Gasteiger partial charge in [-0.3, -0.25) is 4.68 Å². The lowest BCUT2D eigenvalue weighted by Gasteiger charge is -2.03. The first kappa shape index (κ1) is 11.9. The van der Waals surface area contributed by atoms with Gasteiger partial charge in [-0.25, -0.2) is 4.39 Å². The van der Waals surface area contributed by atoms with Gasteiger partial charge in [0.15, 0.2) is 0 Å². The van der Waals surface area contributed by atoms with E-state index in [-0.39, 0.29) is 5.82 Å². The van der Waals surface area contributed by atoms with Crippen molar-refractivity contribution < 1.29 is 4.39 Å². The van der Waals surface area contributed by atoms with Gasteiger partial charge in [0.2, 0.25) is 0 Å². The first-order chi connectivity index (χ1) is 8.04. The highest BCUT2D eigenvalue weighted by Gasteiger charge is 2.16. The SMILES string of the molecule is CCc1c(-c2ccc(F)cc2Cl)nn(C)c1N.